The van der Waals surface area contributed by atoms with Crippen LogP contribution >= 0.6 is 11.6 Å². The maximum absolute atomic E-state index is 13.5. The Balaban J connectivity index is 1.33. The maximum atomic E-state index is 13.5. The van der Waals surface area contributed by atoms with E-state index >= 15 is 0 Å². The van der Waals surface area contributed by atoms with Crippen molar-refractivity contribution in [3.8, 4) is 11.1 Å². The number of pyridine rings is 2. The zero-order chi connectivity index (χ0) is 21.4. The number of likely N-dealkylation sites (tertiary alicyclic amines) is 1. The maximum Gasteiger partial charge on any atom is 0.230 e. The normalized spacial score (nSPS) is 29.0. The zero-order valence-corrected chi connectivity index (χ0v) is 18.5. The van der Waals surface area contributed by atoms with Gasteiger partial charge in [-0.05, 0) is 57.1 Å². The van der Waals surface area contributed by atoms with Crippen molar-refractivity contribution in [1.82, 2.24) is 14.9 Å². The number of aliphatic hydroxyl groups is 1. The number of aliphatic hydroxyl groups excluding tert-OH is 1. The lowest BCUT2D eigenvalue weighted by atomic mass is 9.78. The molecule has 3 fully saturated rings. The van der Waals surface area contributed by atoms with Gasteiger partial charge in [0.25, 0.3) is 0 Å². The van der Waals surface area contributed by atoms with Crippen molar-refractivity contribution in [2.24, 2.45) is 5.41 Å². The van der Waals surface area contributed by atoms with Gasteiger partial charge in [0, 0.05) is 55.4 Å². The van der Waals surface area contributed by atoms with E-state index in [1.807, 2.05) is 24.4 Å². The fourth-order valence-corrected chi connectivity index (χ4v) is 5.90. The molecule has 1 atom stereocenters. The van der Waals surface area contributed by atoms with Crippen molar-refractivity contribution in [3.63, 3.8) is 0 Å². The highest BCUT2D eigenvalue weighted by Crippen LogP contribution is 2.44. The van der Waals surface area contributed by atoms with Gasteiger partial charge in [0.2, 0.25) is 5.91 Å². The fourth-order valence-electron chi connectivity index (χ4n) is 5.61. The van der Waals surface area contributed by atoms with E-state index in [1.165, 1.54) is 0 Å². The van der Waals surface area contributed by atoms with Crippen molar-refractivity contribution < 1.29 is 9.90 Å². The number of carbonyl (C=O) groups excluding carboxylic acids is 1. The standard InChI is InChI=1S/C24H29ClN4O2/c25-21-13-18(17-3-1-10-26-14-17)15-27-22(21)28-11-2-8-24(16-28)9-12-29(23(24)31)19-4-6-20(30)7-5-19/h1,3,10,13-15,19-20,30H,2,4-9,11-12,16H2. The van der Waals surface area contributed by atoms with Crippen LogP contribution in [0, 0.1) is 5.41 Å². The highest BCUT2D eigenvalue weighted by Gasteiger charge is 2.51. The molecule has 4 heterocycles. The second kappa shape index (κ2) is 8.40. The minimum Gasteiger partial charge on any atom is -0.393 e. The molecule has 5 rings (SSSR count). The molecule has 2 aromatic rings. The Kier molecular flexibility index (Phi) is 5.61. The van der Waals surface area contributed by atoms with Crippen LogP contribution in [0.5, 0.6) is 0 Å². The van der Waals surface area contributed by atoms with Gasteiger partial charge in [-0.25, -0.2) is 4.98 Å². The number of anilines is 1. The van der Waals surface area contributed by atoms with Crippen LogP contribution in [0.15, 0.2) is 36.8 Å². The quantitative estimate of drug-likeness (QED) is 0.783. The number of hydrogen-bond donors (Lipinski definition) is 1. The Bertz CT molecular complexity index is 948. The molecule has 2 aliphatic heterocycles. The summed E-state index contributed by atoms with van der Waals surface area (Å²) in [5, 5.41) is 10.4. The SMILES string of the molecule is O=C1N(C2CCC(O)CC2)CCC12CCCN(c1ncc(-c3cccnc3)cc1Cl)C2. The predicted octanol–water partition coefficient (Wildman–Crippen LogP) is 3.92. The molecule has 164 valence electrons. The molecule has 0 bridgehead atoms. The Morgan fingerprint density at radius 3 is 2.68 bits per heavy atom. The van der Waals surface area contributed by atoms with Crippen LogP contribution < -0.4 is 4.90 Å². The number of rotatable bonds is 3. The van der Waals surface area contributed by atoms with E-state index < -0.39 is 0 Å². The number of halogens is 1. The van der Waals surface area contributed by atoms with Gasteiger partial charge in [-0.3, -0.25) is 9.78 Å². The van der Waals surface area contributed by atoms with Gasteiger partial charge in [0.1, 0.15) is 5.82 Å². The molecule has 1 spiro atoms. The summed E-state index contributed by atoms with van der Waals surface area (Å²) in [7, 11) is 0. The third kappa shape index (κ3) is 3.92. The predicted molar refractivity (Wildman–Crippen MR) is 121 cm³/mol. The largest absolute Gasteiger partial charge is 0.393 e. The van der Waals surface area contributed by atoms with E-state index in [9.17, 15) is 9.90 Å². The summed E-state index contributed by atoms with van der Waals surface area (Å²) in [5.41, 5.74) is 1.59. The fraction of sp³-hybridized carbons (Fsp3) is 0.542. The molecule has 1 unspecified atom stereocenters. The van der Waals surface area contributed by atoms with Crippen LogP contribution in [0.2, 0.25) is 5.02 Å². The molecule has 0 radical (unpaired) electrons. The monoisotopic (exact) mass is 440 g/mol. The lowest BCUT2D eigenvalue weighted by Gasteiger charge is -2.41. The number of nitrogens with zero attached hydrogens (tertiary/aromatic N) is 4. The molecule has 0 aromatic carbocycles. The molecule has 2 aromatic heterocycles. The summed E-state index contributed by atoms with van der Waals surface area (Å²) in [6.07, 6.45) is 11.4. The smallest absolute Gasteiger partial charge is 0.230 e. The molecule has 2 saturated heterocycles. The Hall–Kier alpha value is -2.18. The number of amides is 1. The minimum absolute atomic E-state index is 0.198. The molecule has 1 saturated carbocycles. The Morgan fingerprint density at radius 1 is 1.10 bits per heavy atom. The van der Waals surface area contributed by atoms with E-state index in [1.54, 1.807) is 12.4 Å². The van der Waals surface area contributed by atoms with Crippen LogP contribution in [-0.2, 0) is 4.79 Å². The van der Waals surface area contributed by atoms with E-state index in [0.717, 1.165) is 75.0 Å². The highest BCUT2D eigenvalue weighted by atomic mass is 35.5. The second-order valence-corrected chi connectivity index (χ2v) is 9.69. The van der Waals surface area contributed by atoms with Gasteiger partial charge < -0.3 is 14.9 Å². The van der Waals surface area contributed by atoms with Gasteiger partial charge in [-0.1, -0.05) is 17.7 Å². The molecular formula is C24H29ClN4O2. The minimum atomic E-state index is -0.332. The van der Waals surface area contributed by atoms with E-state index in [4.69, 9.17) is 11.6 Å². The van der Waals surface area contributed by atoms with Gasteiger partial charge in [-0.2, -0.15) is 0 Å². The van der Waals surface area contributed by atoms with Crippen LogP contribution in [0.3, 0.4) is 0 Å². The lowest BCUT2D eigenvalue weighted by molar-refractivity contribution is -0.139. The highest BCUT2D eigenvalue weighted by molar-refractivity contribution is 6.33. The van der Waals surface area contributed by atoms with Gasteiger partial charge >= 0.3 is 0 Å². The van der Waals surface area contributed by atoms with Crippen molar-refractivity contribution in [2.45, 2.75) is 57.1 Å². The third-order valence-electron chi connectivity index (χ3n) is 7.35. The second-order valence-electron chi connectivity index (χ2n) is 9.29. The molecule has 1 N–H and O–H groups in total. The van der Waals surface area contributed by atoms with Crippen molar-refractivity contribution in [2.75, 3.05) is 24.5 Å². The molecule has 1 aliphatic carbocycles. The first-order valence-electron chi connectivity index (χ1n) is 11.4. The molecule has 1 amide bonds. The van der Waals surface area contributed by atoms with Gasteiger partial charge in [0.15, 0.2) is 0 Å². The topological polar surface area (TPSA) is 69.6 Å². The van der Waals surface area contributed by atoms with Gasteiger partial charge in [-0.15, -0.1) is 0 Å². The number of hydrogen-bond acceptors (Lipinski definition) is 5. The first-order chi connectivity index (χ1) is 15.1. The van der Waals surface area contributed by atoms with Crippen LogP contribution in [0.4, 0.5) is 5.82 Å². The molecule has 31 heavy (non-hydrogen) atoms. The van der Waals surface area contributed by atoms with E-state index in [2.05, 4.69) is 19.8 Å². The summed E-state index contributed by atoms with van der Waals surface area (Å²) in [6.45, 7) is 2.37. The summed E-state index contributed by atoms with van der Waals surface area (Å²) in [6, 6.07) is 6.12. The Labute approximate surface area is 188 Å². The summed E-state index contributed by atoms with van der Waals surface area (Å²) in [4.78, 5) is 26.7. The van der Waals surface area contributed by atoms with Crippen molar-refractivity contribution >= 4 is 23.3 Å². The van der Waals surface area contributed by atoms with Crippen molar-refractivity contribution in [1.29, 1.82) is 0 Å². The molecule has 6 nitrogen and oxygen atoms in total. The first kappa shape index (κ1) is 20.7. The first-order valence-corrected chi connectivity index (χ1v) is 11.7. The van der Waals surface area contributed by atoms with Crippen LogP contribution in [0.25, 0.3) is 11.1 Å². The summed E-state index contributed by atoms with van der Waals surface area (Å²) < 4.78 is 0. The summed E-state index contributed by atoms with van der Waals surface area (Å²) in [5.74, 6) is 1.06. The Morgan fingerprint density at radius 2 is 1.94 bits per heavy atom. The molecular weight excluding hydrogens is 412 g/mol. The van der Waals surface area contributed by atoms with Crippen LogP contribution in [0.1, 0.15) is 44.9 Å². The number of piperidine rings is 1. The average Bonchev–Trinajstić information content (AvgIpc) is 3.10. The number of carbonyl (C=O) groups is 1. The molecule has 7 heteroatoms. The average molecular weight is 441 g/mol. The summed E-state index contributed by atoms with van der Waals surface area (Å²) >= 11 is 6.66. The lowest BCUT2D eigenvalue weighted by Crippen LogP contribution is -2.50. The number of aromatic nitrogens is 2. The van der Waals surface area contributed by atoms with E-state index in [0.29, 0.717) is 17.5 Å². The van der Waals surface area contributed by atoms with E-state index in [-0.39, 0.29) is 17.6 Å². The van der Waals surface area contributed by atoms with Crippen molar-refractivity contribution in [3.05, 3.63) is 41.8 Å². The van der Waals surface area contributed by atoms with Crippen LogP contribution in [-0.4, -0.2) is 57.7 Å². The third-order valence-corrected chi connectivity index (χ3v) is 7.62. The zero-order valence-electron chi connectivity index (χ0n) is 17.7. The van der Waals surface area contributed by atoms with Gasteiger partial charge in [0.05, 0.1) is 16.5 Å². The molecule has 3 aliphatic rings.